The highest BCUT2D eigenvalue weighted by Gasteiger charge is 2.21. The first kappa shape index (κ1) is 20.8. The summed E-state index contributed by atoms with van der Waals surface area (Å²) in [5, 5.41) is 0. The van der Waals surface area contributed by atoms with Gasteiger partial charge in [0.05, 0.1) is 14.7 Å². The van der Waals surface area contributed by atoms with Crippen LogP contribution in [-0.2, 0) is 19.7 Å². The van der Waals surface area contributed by atoms with Gasteiger partial charge in [-0.2, -0.15) is 0 Å². The largest absolute Gasteiger partial charge is 0.299 e. The maximum Gasteiger partial charge on any atom is 0.206 e. The summed E-state index contributed by atoms with van der Waals surface area (Å²) in [6.07, 6.45) is 5.22. The van der Waals surface area contributed by atoms with Crippen molar-refractivity contribution in [3.8, 4) is 0 Å². The van der Waals surface area contributed by atoms with E-state index in [-0.39, 0.29) is 14.7 Å². The van der Waals surface area contributed by atoms with Crippen LogP contribution in [0.3, 0.4) is 0 Å². The molecule has 0 saturated heterocycles. The van der Waals surface area contributed by atoms with Gasteiger partial charge < -0.3 is 0 Å². The molecule has 3 rings (SSSR count). The number of rotatable bonds is 6. The van der Waals surface area contributed by atoms with Crippen molar-refractivity contribution in [2.24, 2.45) is 0 Å². The minimum absolute atomic E-state index is 0.00395. The Bertz CT molecular complexity index is 1100. The smallest absolute Gasteiger partial charge is 0.206 e. The van der Waals surface area contributed by atoms with Crippen LogP contribution in [0.15, 0.2) is 69.3 Å². The Balaban J connectivity index is 1.94. The molecule has 1 aliphatic heterocycles. The molecule has 0 bridgehead atoms. The zero-order valence-electron chi connectivity index (χ0n) is 16.1. The summed E-state index contributed by atoms with van der Waals surface area (Å²) < 4.78 is 49.7. The SMILES string of the molecule is CCCN1CC=C(c2cccc(S(=O)(=O)c3cccc(S(C)(=O)=O)c3)c2)CC1. The van der Waals surface area contributed by atoms with E-state index in [9.17, 15) is 16.8 Å². The summed E-state index contributed by atoms with van der Waals surface area (Å²) >= 11 is 0. The third kappa shape index (κ3) is 4.54. The molecular weight excluding hydrogens is 394 g/mol. The lowest BCUT2D eigenvalue weighted by Gasteiger charge is -2.26. The molecule has 0 N–H and O–H groups in total. The van der Waals surface area contributed by atoms with Gasteiger partial charge >= 0.3 is 0 Å². The van der Waals surface area contributed by atoms with Crippen LogP contribution >= 0.6 is 0 Å². The van der Waals surface area contributed by atoms with Crippen molar-refractivity contribution in [3.05, 3.63) is 60.2 Å². The minimum Gasteiger partial charge on any atom is -0.299 e. The molecule has 28 heavy (non-hydrogen) atoms. The van der Waals surface area contributed by atoms with Crippen molar-refractivity contribution in [2.75, 3.05) is 25.9 Å². The number of sulfone groups is 2. The van der Waals surface area contributed by atoms with Gasteiger partial charge in [-0.15, -0.1) is 0 Å². The second-order valence-corrected chi connectivity index (χ2v) is 11.0. The summed E-state index contributed by atoms with van der Waals surface area (Å²) in [5.41, 5.74) is 2.05. The van der Waals surface area contributed by atoms with Crippen LogP contribution in [0, 0.1) is 0 Å². The van der Waals surface area contributed by atoms with Gasteiger partial charge in [0.15, 0.2) is 9.84 Å². The van der Waals surface area contributed by atoms with Crippen LogP contribution in [0.2, 0.25) is 0 Å². The Morgan fingerprint density at radius 2 is 1.57 bits per heavy atom. The molecule has 1 aliphatic rings. The van der Waals surface area contributed by atoms with Crippen molar-refractivity contribution in [2.45, 2.75) is 34.5 Å². The molecule has 0 fully saturated rings. The van der Waals surface area contributed by atoms with E-state index < -0.39 is 19.7 Å². The first-order valence-corrected chi connectivity index (χ1v) is 12.7. The van der Waals surface area contributed by atoms with Gasteiger partial charge in [0.1, 0.15) is 0 Å². The highest BCUT2D eigenvalue weighted by atomic mass is 32.2. The molecule has 7 heteroatoms. The Morgan fingerprint density at radius 1 is 0.929 bits per heavy atom. The average molecular weight is 420 g/mol. The molecule has 150 valence electrons. The van der Waals surface area contributed by atoms with E-state index in [4.69, 9.17) is 0 Å². The summed E-state index contributed by atoms with van der Waals surface area (Å²) in [6.45, 7) is 5.06. The standard InChI is InChI=1S/C21H25NO4S2/c1-3-12-22-13-10-17(11-14-22)18-6-4-8-20(15-18)28(25,26)21-9-5-7-19(16-21)27(2,23)24/h4-10,15-16H,3,11-14H2,1-2H3. The van der Waals surface area contributed by atoms with Crippen LogP contribution in [-0.4, -0.2) is 47.6 Å². The second kappa shape index (κ2) is 8.19. The van der Waals surface area contributed by atoms with Crippen molar-refractivity contribution in [3.63, 3.8) is 0 Å². The van der Waals surface area contributed by atoms with E-state index in [0.717, 1.165) is 49.9 Å². The monoisotopic (exact) mass is 419 g/mol. The lowest BCUT2D eigenvalue weighted by molar-refractivity contribution is 0.302. The Kier molecular flexibility index (Phi) is 6.07. The van der Waals surface area contributed by atoms with Crippen LogP contribution in [0.25, 0.3) is 5.57 Å². The third-order valence-electron chi connectivity index (χ3n) is 4.89. The van der Waals surface area contributed by atoms with Crippen molar-refractivity contribution in [1.29, 1.82) is 0 Å². The summed E-state index contributed by atoms with van der Waals surface area (Å²) in [6, 6.07) is 12.4. The molecule has 0 aliphatic carbocycles. The Labute approximate surface area is 167 Å². The van der Waals surface area contributed by atoms with Gasteiger partial charge in [-0.1, -0.05) is 31.2 Å². The van der Waals surface area contributed by atoms with Gasteiger partial charge in [0.25, 0.3) is 0 Å². The molecule has 2 aromatic rings. The number of hydrogen-bond acceptors (Lipinski definition) is 5. The highest BCUT2D eigenvalue weighted by molar-refractivity contribution is 7.92. The predicted octanol–water partition coefficient (Wildman–Crippen LogP) is 3.42. The first-order chi connectivity index (χ1) is 13.2. The van der Waals surface area contributed by atoms with Crippen molar-refractivity contribution >= 4 is 25.2 Å². The van der Waals surface area contributed by atoms with Gasteiger partial charge in [-0.05, 0) is 60.9 Å². The zero-order valence-corrected chi connectivity index (χ0v) is 17.8. The summed E-state index contributed by atoms with van der Waals surface area (Å²) in [7, 11) is -7.29. The van der Waals surface area contributed by atoms with Crippen molar-refractivity contribution in [1.82, 2.24) is 4.90 Å². The van der Waals surface area contributed by atoms with Crippen LogP contribution in [0.4, 0.5) is 0 Å². The molecule has 0 atom stereocenters. The van der Waals surface area contributed by atoms with Crippen LogP contribution in [0.1, 0.15) is 25.3 Å². The molecule has 0 saturated carbocycles. The van der Waals surface area contributed by atoms with Gasteiger partial charge in [-0.3, -0.25) is 4.90 Å². The van der Waals surface area contributed by atoms with E-state index >= 15 is 0 Å². The number of benzene rings is 2. The topological polar surface area (TPSA) is 71.5 Å². The number of hydrogen-bond donors (Lipinski definition) is 0. The molecule has 1 heterocycles. The molecular formula is C21H25NO4S2. The molecule has 0 unspecified atom stereocenters. The van der Waals surface area contributed by atoms with E-state index in [1.807, 2.05) is 6.07 Å². The van der Waals surface area contributed by atoms with Crippen molar-refractivity contribution < 1.29 is 16.8 Å². The lowest BCUT2D eigenvalue weighted by Crippen LogP contribution is -2.29. The normalized spacial score (nSPS) is 16.0. The van der Waals surface area contributed by atoms with E-state index in [2.05, 4.69) is 17.9 Å². The van der Waals surface area contributed by atoms with E-state index in [1.54, 1.807) is 18.2 Å². The summed E-state index contributed by atoms with van der Waals surface area (Å²) in [4.78, 5) is 2.53. The fourth-order valence-corrected chi connectivity index (χ4v) is 5.46. The fourth-order valence-electron chi connectivity index (χ4n) is 3.36. The second-order valence-electron chi connectivity index (χ2n) is 7.06. The molecule has 0 aromatic heterocycles. The lowest BCUT2D eigenvalue weighted by atomic mass is 9.99. The molecule has 2 aromatic carbocycles. The zero-order chi connectivity index (χ0) is 20.4. The maximum absolute atomic E-state index is 13.1. The molecule has 0 spiro atoms. The third-order valence-corrected chi connectivity index (χ3v) is 7.75. The minimum atomic E-state index is -3.80. The van der Waals surface area contributed by atoms with Crippen LogP contribution in [0.5, 0.6) is 0 Å². The number of nitrogens with zero attached hydrogens (tertiary/aromatic N) is 1. The highest BCUT2D eigenvalue weighted by Crippen LogP contribution is 2.28. The quantitative estimate of drug-likeness (QED) is 0.717. The van der Waals surface area contributed by atoms with E-state index in [1.165, 1.54) is 24.3 Å². The van der Waals surface area contributed by atoms with Gasteiger partial charge in [0, 0.05) is 19.3 Å². The molecule has 0 amide bonds. The molecule has 5 nitrogen and oxygen atoms in total. The van der Waals surface area contributed by atoms with E-state index in [0.29, 0.717) is 0 Å². The summed E-state index contributed by atoms with van der Waals surface area (Å²) in [5.74, 6) is 0. The fraction of sp³-hybridized carbons (Fsp3) is 0.333. The molecule has 0 radical (unpaired) electrons. The van der Waals surface area contributed by atoms with Crippen LogP contribution < -0.4 is 0 Å². The van der Waals surface area contributed by atoms with Gasteiger partial charge in [0.2, 0.25) is 9.84 Å². The first-order valence-electron chi connectivity index (χ1n) is 9.29. The predicted molar refractivity (Wildman–Crippen MR) is 111 cm³/mol. The Hall–Kier alpha value is -1.96. The average Bonchev–Trinajstić information content (AvgIpc) is 2.68. The Morgan fingerprint density at radius 3 is 2.18 bits per heavy atom. The maximum atomic E-state index is 13.1. The van der Waals surface area contributed by atoms with Gasteiger partial charge in [-0.25, -0.2) is 16.8 Å².